The minimum Gasteiger partial charge on any atom is -0.309 e. The SMILES string of the molecule is [2H]C([2H])([2H])CC(=O)N(c1ccccc1)C1CCN(C(C)Cc2ccccc2)CC1. The van der Waals surface area contributed by atoms with Gasteiger partial charge < -0.3 is 9.80 Å². The third kappa shape index (κ3) is 4.53. The Morgan fingerprint density at radius 3 is 2.35 bits per heavy atom. The molecular formula is C23H30N2O. The Bertz CT molecular complexity index is 772. The molecule has 3 rings (SSSR count). The van der Waals surface area contributed by atoms with Crippen LogP contribution in [0, 0.1) is 0 Å². The topological polar surface area (TPSA) is 23.6 Å². The van der Waals surface area contributed by atoms with Crippen molar-refractivity contribution in [3.8, 4) is 0 Å². The number of benzene rings is 2. The van der Waals surface area contributed by atoms with Gasteiger partial charge in [0.1, 0.15) is 0 Å². The van der Waals surface area contributed by atoms with E-state index in [2.05, 4.69) is 36.1 Å². The monoisotopic (exact) mass is 353 g/mol. The van der Waals surface area contributed by atoms with Crippen LogP contribution in [0.25, 0.3) is 0 Å². The molecule has 2 aromatic carbocycles. The van der Waals surface area contributed by atoms with Crippen molar-refractivity contribution in [3.05, 3.63) is 66.2 Å². The maximum absolute atomic E-state index is 12.9. The first-order valence-corrected chi connectivity index (χ1v) is 9.48. The van der Waals surface area contributed by atoms with Crippen LogP contribution in [0.4, 0.5) is 5.69 Å². The maximum Gasteiger partial charge on any atom is 0.226 e. The molecule has 1 unspecified atom stereocenters. The van der Waals surface area contributed by atoms with E-state index >= 15 is 0 Å². The maximum atomic E-state index is 12.9. The number of para-hydroxylation sites is 1. The summed E-state index contributed by atoms with van der Waals surface area (Å²) in [5.74, 6) is -0.313. The number of carbonyl (C=O) groups is 1. The highest BCUT2D eigenvalue weighted by Gasteiger charge is 2.29. The molecule has 0 N–H and O–H groups in total. The van der Waals surface area contributed by atoms with Crippen molar-refractivity contribution < 1.29 is 8.91 Å². The Kier molecular flexibility index (Phi) is 5.18. The van der Waals surface area contributed by atoms with Crippen LogP contribution in [0.5, 0.6) is 0 Å². The van der Waals surface area contributed by atoms with Gasteiger partial charge in [-0.1, -0.05) is 55.4 Å². The third-order valence-corrected chi connectivity index (χ3v) is 5.32. The zero-order valence-corrected chi connectivity index (χ0v) is 15.5. The van der Waals surface area contributed by atoms with E-state index in [9.17, 15) is 4.79 Å². The van der Waals surface area contributed by atoms with E-state index in [1.807, 2.05) is 36.4 Å². The molecule has 0 aliphatic carbocycles. The molecule has 26 heavy (non-hydrogen) atoms. The molecule has 1 saturated heterocycles. The summed E-state index contributed by atoms with van der Waals surface area (Å²) in [5.41, 5.74) is 2.12. The summed E-state index contributed by atoms with van der Waals surface area (Å²) >= 11 is 0. The lowest BCUT2D eigenvalue weighted by molar-refractivity contribution is -0.119. The van der Waals surface area contributed by atoms with Crippen molar-refractivity contribution in [2.75, 3.05) is 18.0 Å². The molecule has 3 nitrogen and oxygen atoms in total. The molecule has 1 fully saturated rings. The van der Waals surface area contributed by atoms with Gasteiger partial charge in [-0.15, -0.1) is 0 Å². The first-order chi connectivity index (χ1) is 13.8. The first kappa shape index (κ1) is 15.0. The Balaban J connectivity index is 1.66. The molecule has 3 heteroatoms. The molecule has 1 atom stereocenters. The summed E-state index contributed by atoms with van der Waals surface area (Å²) < 4.78 is 22.5. The van der Waals surface area contributed by atoms with E-state index in [0.717, 1.165) is 38.0 Å². The van der Waals surface area contributed by atoms with Crippen molar-refractivity contribution in [2.24, 2.45) is 0 Å². The van der Waals surface area contributed by atoms with Gasteiger partial charge in [0.05, 0.1) is 0 Å². The normalized spacial score (nSPS) is 19.2. The number of likely N-dealkylation sites (tertiary alicyclic amines) is 1. The highest BCUT2D eigenvalue weighted by molar-refractivity contribution is 5.93. The zero-order valence-electron chi connectivity index (χ0n) is 18.5. The fourth-order valence-corrected chi connectivity index (χ4v) is 3.90. The van der Waals surface area contributed by atoms with Crippen molar-refractivity contribution >= 4 is 11.6 Å². The lowest BCUT2D eigenvalue weighted by atomic mass is 9.98. The number of carbonyl (C=O) groups excluding carboxylic acids is 1. The van der Waals surface area contributed by atoms with Crippen LogP contribution in [0.3, 0.4) is 0 Å². The van der Waals surface area contributed by atoms with Gasteiger partial charge in [-0.3, -0.25) is 4.79 Å². The van der Waals surface area contributed by atoms with Crippen LogP contribution in [-0.2, 0) is 11.2 Å². The fourth-order valence-electron chi connectivity index (χ4n) is 3.90. The number of nitrogens with zero attached hydrogens (tertiary/aromatic N) is 2. The number of hydrogen-bond donors (Lipinski definition) is 0. The van der Waals surface area contributed by atoms with Crippen LogP contribution >= 0.6 is 0 Å². The summed E-state index contributed by atoms with van der Waals surface area (Å²) in [6.07, 6.45) is 2.28. The number of hydrogen-bond acceptors (Lipinski definition) is 2. The lowest BCUT2D eigenvalue weighted by Gasteiger charge is -2.40. The number of rotatable bonds is 6. The molecule has 0 spiro atoms. The van der Waals surface area contributed by atoms with Gasteiger partial charge in [-0.25, -0.2) is 0 Å². The Morgan fingerprint density at radius 1 is 1.12 bits per heavy atom. The first-order valence-electron chi connectivity index (χ1n) is 11.0. The molecule has 0 saturated carbocycles. The molecule has 1 aliphatic heterocycles. The largest absolute Gasteiger partial charge is 0.309 e. The van der Waals surface area contributed by atoms with Crippen LogP contribution in [0.2, 0.25) is 0 Å². The molecule has 1 amide bonds. The van der Waals surface area contributed by atoms with Gasteiger partial charge in [0.25, 0.3) is 0 Å². The summed E-state index contributed by atoms with van der Waals surface area (Å²) in [5, 5.41) is 0. The van der Waals surface area contributed by atoms with Gasteiger partial charge in [0.2, 0.25) is 5.91 Å². The van der Waals surface area contributed by atoms with E-state index in [4.69, 9.17) is 4.11 Å². The molecule has 1 heterocycles. The Morgan fingerprint density at radius 2 is 1.73 bits per heavy atom. The summed E-state index contributed by atoms with van der Waals surface area (Å²) in [6, 6.07) is 20.4. The highest BCUT2D eigenvalue weighted by atomic mass is 16.2. The minimum absolute atomic E-state index is 0.0347. The van der Waals surface area contributed by atoms with Crippen molar-refractivity contribution in [3.63, 3.8) is 0 Å². The lowest BCUT2D eigenvalue weighted by Crippen LogP contribution is -2.49. The molecule has 0 aromatic heterocycles. The van der Waals surface area contributed by atoms with Crippen LogP contribution in [-0.4, -0.2) is 36.0 Å². The summed E-state index contributed by atoms with van der Waals surface area (Å²) in [4.78, 5) is 17.1. The van der Waals surface area contributed by atoms with Gasteiger partial charge in [-0.05, 0) is 43.9 Å². The molecule has 2 aromatic rings. The van der Waals surface area contributed by atoms with Crippen LogP contribution in [0.1, 0.15) is 42.7 Å². The van der Waals surface area contributed by atoms with E-state index in [-0.39, 0.29) is 11.9 Å². The summed E-state index contributed by atoms with van der Waals surface area (Å²) in [7, 11) is 0. The smallest absolute Gasteiger partial charge is 0.226 e. The molecule has 0 radical (unpaired) electrons. The van der Waals surface area contributed by atoms with Gasteiger partial charge in [-0.2, -0.15) is 0 Å². The summed E-state index contributed by atoms with van der Waals surface area (Å²) in [6.45, 7) is 1.81. The second-order valence-electron chi connectivity index (χ2n) is 7.08. The van der Waals surface area contributed by atoms with Crippen molar-refractivity contribution in [2.45, 2.75) is 51.5 Å². The standard InChI is InChI=1S/C23H30N2O/c1-3-23(26)25(21-12-8-5-9-13-21)22-14-16-24(17-15-22)19(2)18-20-10-6-4-7-11-20/h4-13,19,22H,3,14-18H2,1-2H3/i1D3. The van der Waals surface area contributed by atoms with E-state index in [0.29, 0.717) is 6.04 Å². The van der Waals surface area contributed by atoms with E-state index in [1.165, 1.54) is 5.56 Å². The second-order valence-corrected chi connectivity index (χ2v) is 7.08. The van der Waals surface area contributed by atoms with Gasteiger partial charge in [0, 0.05) is 41.4 Å². The Hall–Kier alpha value is -2.13. The zero-order chi connectivity index (χ0) is 20.9. The number of anilines is 1. The van der Waals surface area contributed by atoms with Crippen molar-refractivity contribution in [1.29, 1.82) is 0 Å². The van der Waals surface area contributed by atoms with E-state index in [1.54, 1.807) is 4.90 Å². The predicted octanol–water partition coefficient (Wildman–Crippen LogP) is 4.53. The fraction of sp³-hybridized carbons (Fsp3) is 0.435. The van der Waals surface area contributed by atoms with Crippen molar-refractivity contribution in [1.82, 2.24) is 4.90 Å². The Labute approximate surface area is 161 Å². The van der Waals surface area contributed by atoms with Gasteiger partial charge in [0.15, 0.2) is 0 Å². The van der Waals surface area contributed by atoms with E-state index < -0.39 is 13.3 Å². The minimum atomic E-state index is -2.25. The number of piperidine rings is 1. The number of amides is 1. The highest BCUT2D eigenvalue weighted by Crippen LogP contribution is 2.25. The molecule has 1 aliphatic rings. The molecular weight excluding hydrogens is 320 g/mol. The average molecular weight is 354 g/mol. The quantitative estimate of drug-likeness (QED) is 0.762. The average Bonchev–Trinajstić information content (AvgIpc) is 2.69. The molecule has 138 valence electrons. The van der Waals surface area contributed by atoms with Gasteiger partial charge >= 0.3 is 0 Å². The third-order valence-electron chi connectivity index (χ3n) is 5.32. The van der Waals surface area contributed by atoms with Crippen LogP contribution < -0.4 is 4.90 Å². The van der Waals surface area contributed by atoms with Crippen LogP contribution in [0.15, 0.2) is 60.7 Å². The molecule has 0 bridgehead atoms. The second kappa shape index (κ2) is 9.00. The predicted molar refractivity (Wildman–Crippen MR) is 108 cm³/mol.